The lowest BCUT2D eigenvalue weighted by Crippen LogP contribution is -2.36. The highest BCUT2D eigenvalue weighted by molar-refractivity contribution is 9.10. The van der Waals surface area contributed by atoms with Crippen molar-refractivity contribution in [3.63, 3.8) is 0 Å². The van der Waals surface area contributed by atoms with Crippen LogP contribution in [0.5, 0.6) is 0 Å². The van der Waals surface area contributed by atoms with Gasteiger partial charge < -0.3 is 15.8 Å². The number of oxime groups is 1. The van der Waals surface area contributed by atoms with Gasteiger partial charge in [0.1, 0.15) is 5.84 Å². The van der Waals surface area contributed by atoms with E-state index in [1.165, 1.54) is 4.90 Å². The first-order chi connectivity index (χ1) is 8.86. The van der Waals surface area contributed by atoms with Gasteiger partial charge in [0.05, 0.1) is 5.56 Å². The van der Waals surface area contributed by atoms with E-state index in [0.29, 0.717) is 21.6 Å². The van der Waals surface area contributed by atoms with Crippen LogP contribution in [-0.4, -0.2) is 35.4 Å². The predicted octanol–water partition coefficient (Wildman–Crippen LogP) is 2.56. The maximum Gasteiger partial charge on any atom is 0.254 e. The number of halogens is 2. The van der Waals surface area contributed by atoms with Crippen molar-refractivity contribution in [3.05, 3.63) is 33.3 Å². The molecule has 104 valence electrons. The lowest BCUT2D eigenvalue weighted by molar-refractivity contribution is 0.0785. The Labute approximate surface area is 125 Å². The van der Waals surface area contributed by atoms with Crippen LogP contribution in [0.3, 0.4) is 0 Å². The van der Waals surface area contributed by atoms with Gasteiger partial charge in [-0.15, -0.1) is 0 Å². The molecular weight excluding hydrogens is 334 g/mol. The minimum absolute atomic E-state index is 0.0924. The molecule has 0 heterocycles. The molecule has 0 aliphatic rings. The van der Waals surface area contributed by atoms with E-state index < -0.39 is 0 Å². The van der Waals surface area contributed by atoms with Crippen molar-refractivity contribution < 1.29 is 10.0 Å². The Morgan fingerprint density at radius 1 is 1.63 bits per heavy atom. The molecule has 1 rings (SSSR count). The second-order valence-electron chi connectivity index (χ2n) is 4.24. The molecule has 0 spiro atoms. The average molecular weight is 349 g/mol. The number of hydrogen-bond donors (Lipinski definition) is 2. The summed E-state index contributed by atoms with van der Waals surface area (Å²) in [6, 6.07) is 4.97. The molecule has 1 unspecified atom stereocenters. The third kappa shape index (κ3) is 4.11. The molecule has 0 saturated heterocycles. The lowest BCUT2D eigenvalue weighted by Gasteiger charge is -2.21. The average Bonchev–Trinajstić information content (AvgIpc) is 2.36. The number of hydrogen-bond acceptors (Lipinski definition) is 3. The Morgan fingerprint density at radius 3 is 2.79 bits per heavy atom. The molecule has 0 aromatic heterocycles. The molecule has 1 atom stereocenters. The highest BCUT2D eigenvalue weighted by atomic mass is 79.9. The summed E-state index contributed by atoms with van der Waals surface area (Å²) in [7, 11) is 1.66. The zero-order valence-electron chi connectivity index (χ0n) is 10.6. The van der Waals surface area contributed by atoms with Gasteiger partial charge in [0.25, 0.3) is 5.91 Å². The van der Waals surface area contributed by atoms with Crippen molar-refractivity contribution in [3.8, 4) is 0 Å². The van der Waals surface area contributed by atoms with Gasteiger partial charge in [-0.1, -0.05) is 23.7 Å². The predicted molar refractivity (Wildman–Crippen MR) is 78.7 cm³/mol. The Morgan fingerprint density at radius 2 is 2.26 bits per heavy atom. The van der Waals surface area contributed by atoms with Gasteiger partial charge in [0.2, 0.25) is 0 Å². The number of benzene rings is 1. The van der Waals surface area contributed by atoms with Gasteiger partial charge >= 0.3 is 0 Å². The van der Waals surface area contributed by atoms with Crippen molar-refractivity contribution in [1.82, 2.24) is 4.90 Å². The van der Waals surface area contributed by atoms with Crippen LogP contribution in [0.2, 0.25) is 5.02 Å². The molecule has 5 nitrogen and oxygen atoms in total. The summed E-state index contributed by atoms with van der Waals surface area (Å²) in [5.74, 6) is -0.305. The standard InChI is InChI=1S/C12H15BrClN3O2/c1-7(11(15)16-19)6-17(2)12(18)9-4-3-8(14)5-10(9)13/h3-5,7,19H,6H2,1-2H3,(H2,15,16). The van der Waals surface area contributed by atoms with E-state index in [1.807, 2.05) is 0 Å². The van der Waals surface area contributed by atoms with E-state index in [0.717, 1.165) is 0 Å². The fourth-order valence-corrected chi connectivity index (χ4v) is 2.41. The summed E-state index contributed by atoms with van der Waals surface area (Å²) in [5, 5.41) is 12.1. The van der Waals surface area contributed by atoms with Gasteiger partial charge in [-0.05, 0) is 34.1 Å². The van der Waals surface area contributed by atoms with Crippen LogP contribution in [0.4, 0.5) is 0 Å². The summed E-state index contributed by atoms with van der Waals surface area (Å²) in [5.41, 5.74) is 6.00. The third-order valence-electron chi connectivity index (χ3n) is 2.68. The summed E-state index contributed by atoms with van der Waals surface area (Å²) in [4.78, 5) is 13.7. The third-order valence-corrected chi connectivity index (χ3v) is 3.57. The number of carbonyl (C=O) groups excluding carboxylic acids is 1. The Bertz CT molecular complexity index is 508. The summed E-state index contributed by atoms with van der Waals surface area (Å²) in [6.07, 6.45) is 0. The lowest BCUT2D eigenvalue weighted by atomic mass is 10.1. The highest BCUT2D eigenvalue weighted by Crippen LogP contribution is 2.22. The van der Waals surface area contributed by atoms with Crippen molar-refractivity contribution in [2.45, 2.75) is 6.92 Å². The number of nitrogens with zero attached hydrogens (tertiary/aromatic N) is 2. The largest absolute Gasteiger partial charge is 0.409 e. The molecule has 3 N–H and O–H groups in total. The zero-order chi connectivity index (χ0) is 14.6. The maximum atomic E-state index is 12.2. The first-order valence-corrected chi connectivity index (χ1v) is 6.71. The second kappa shape index (κ2) is 6.77. The van der Waals surface area contributed by atoms with E-state index in [9.17, 15) is 4.79 Å². The maximum absolute atomic E-state index is 12.2. The molecule has 0 radical (unpaired) electrons. The van der Waals surface area contributed by atoms with Crippen LogP contribution in [-0.2, 0) is 0 Å². The normalized spacial score (nSPS) is 13.2. The quantitative estimate of drug-likeness (QED) is 0.380. The first-order valence-electron chi connectivity index (χ1n) is 5.54. The van der Waals surface area contributed by atoms with Crippen LogP contribution in [0.25, 0.3) is 0 Å². The molecular formula is C12H15BrClN3O2. The molecule has 19 heavy (non-hydrogen) atoms. The number of carbonyl (C=O) groups is 1. The molecule has 0 saturated carbocycles. The minimum atomic E-state index is -0.231. The smallest absolute Gasteiger partial charge is 0.254 e. The van der Waals surface area contributed by atoms with Gasteiger partial charge in [-0.25, -0.2) is 0 Å². The van der Waals surface area contributed by atoms with Crippen LogP contribution in [0.15, 0.2) is 27.8 Å². The zero-order valence-corrected chi connectivity index (χ0v) is 12.9. The molecule has 1 aromatic rings. The minimum Gasteiger partial charge on any atom is -0.409 e. The molecule has 1 amide bonds. The van der Waals surface area contributed by atoms with Gasteiger partial charge in [-0.2, -0.15) is 0 Å². The van der Waals surface area contributed by atoms with Crippen LogP contribution in [0.1, 0.15) is 17.3 Å². The topological polar surface area (TPSA) is 78.9 Å². The van der Waals surface area contributed by atoms with Crippen LogP contribution < -0.4 is 5.73 Å². The summed E-state index contributed by atoms with van der Waals surface area (Å²) in [6.45, 7) is 2.12. The van der Waals surface area contributed by atoms with E-state index in [2.05, 4.69) is 21.1 Å². The molecule has 0 aliphatic heterocycles. The van der Waals surface area contributed by atoms with Gasteiger partial charge in [-0.3, -0.25) is 4.79 Å². The van der Waals surface area contributed by atoms with Crippen molar-refractivity contribution in [2.75, 3.05) is 13.6 Å². The Hall–Kier alpha value is -1.27. The monoisotopic (exact) mass is 347 g/mol. The van der Waals surface area contributed by atoms with Gasteiger partial charge in [0.15, 0.2) is 0 Å². The Kier molecular flexibility index (Phi) is 5.62. The van der Waals surface area contributed by atoms with Crippen molar-refractivity contribution >= 4 is 39.3 Å². The summed E-state index contributed by atoms with van der Waals surface area (Å²) < 4.78 is 0.633. The van der Waals surface area contributed by atoms with E-state index >= 15 is 0 Å². The number of rotatable bonds is 4. The molecule has 0 bridgehead atoms. The number of nitrogens with two attached hydrogens (primary N) is 1. The fourth-order valence-electron chi connectivity index (χ4n) is 1.55. The fraction of sp³-hybridized carbons (Fsp3) is 0.333. The molecule has 0 aliphatic carbocycles. The highest BCUT2D eigenvalue weighted by Gasteiger charge is 2.18. The molecule has 0 fully saturated rings. The van der Waals surface area contributed by atoms with Crippen LogP contribution in [0, 0.1) is 5.92 Å². The van der Waals surface area contributed by atoms with E-state index in [4.69, 9.17) is 22.5 Å². The van der Waals surface area contributed by atoms with Crippen LogP contribution >= 0.6 is 27.5 Å². The summed E-state index contributed by atoms with van der Waals surface area (Å²) >= 11 is 9.14. The van der Waals surface area contributed by atoms with E-state index in [1.54, 1.807) is 32.2 Å². The molecule has 7 heteroatoms. The first kappa shape index (κ1) is 15.8. The van der Waals surface area contributed by atoms with E-state index in [-0.39, 0.29) is 17.7 Å². The van der Waals surface area contributed by atoms with Crippen molar-refractivity contribution in [2.24, 2.45) is 16.8 Å². The van der Waals surface area contributed by atoms with Crippen molar-refractivity contribution in [1.29, 1.82) is 0 Å². The van der Waals surface area contributed by atoms with Gasteiger partial charge in [0, 0.05) is 29.0 Å². The molecule has 1 aromatic carbocycles. The number of amidine groups is 1. The Balaban J connectivity index is 2.82. The second-order valence-corrected chi connectivity index (χ2v) is 5.53. The SMILES string of the molecule is CC(CN(C)C(=O)c1ccc(Cl)cc1Br)/C(N)=N/O. The number of amides is 1.